The summed E-state index contributed by atoms with van der Waals surface area (Å²) in [5.41, 5.74) is 8.86. The molecule has 0 aromatic heterocycles. The van der Waals surface area contributed by atoms with Crippen LogP contribution in [-0.2, 0) is 12.8 Å². The molecular formula is C18H22N2O. The first kappa shape index (κ1) is 15.3. The average Bonchev–Trinajstić information content (AvgIpc) is 2.55. The molecule has 1 amide bonds. The Hall–Kier alpha value is -2.13. The summed E-state index contributed by atoms with van der Waals surface area (Å²) in [6, 6.07) is 17.7. The van der Waals surface area contributed by atoms with Crippen LogP contribution in [0.2, 0.25) is 0 Å². The predicted molar refractivity (Wildman–Crippen MR) is 86.3 cm³/mol. The predicted octanol–water partition coefficient (Wildman–Crippen LogP) is 2.55. The molecule has 3 heteroatoms. The molecule has 0 heterocycles. The van der Waals surface area contributed by atoms with Crippen molar-refractivity contribution in [2.45, 2.75) is 25.8 Å². The number of hydrogen-bond acceptors (Lipinski definition) is 2. The topological polar surface area (TPSA) is 55.1 Å². The molecule has 0 saturated carbocycles. The smallest absolute Gasteiger partial charge is 0.251 e. The van der Waals surface area contributed by atoms with Gasteiger partial charge in [0.15, 0.2) is 0 Å². The monoisotopic (exact) mass is 282 g/mol. The molecule has 0 spiro atoms. The second kappa shape index (κ2) is 7.60. The van der Waals surface area contributed by atoms with E-state index in [0.29, 0.717) is 12.1 Å². The molecule has 0 aliphatic heterocycles. The van der Waals surface area contributed by atoms with Gasteiger partial charge in [-0.3, -0.25) is 4.79 Å². The van der Waals surface area contributed by atoms with Crippen LogP contribution in [0.15, 0.2) is 54.6 Å². The number of nitrogens with two attached hydrogens (primary N) is 1. The third kappa shape index (κ3) is 4.43. The van der Waals surface area contributed by atoms with Crippen molar-refractivity contribution in [3.63, 3.8) is 0 Å². The van der Waals surface area contributed by atoms with Crippen LogP contribution in [0.1, 0.15) is 28.4 Å². The second-order valence-electron chi connectivity index (χ2n) is 5.15. The molecule has 0 fully saturated rings. The van der Waals surface area contributed by atoms with Crippen molar-refractivity contribution >= 4 is 5.91 Å². The van der Waals surface area contributed by atoms with Gasteiger partial charge in [-0.15, -0.1) is 0 Å². The van der Waals surface area contributed by atoms with E-state index in [1.807, 2.05) is 54.6 Å². The Labute approximate surface area is 126 Å². The van der Waals surface area contributed by atoms with E-state index in [-0.39, 0.29) is 11.9 Å². The van der Waals surface area contributed by atoms with E-state index in [4.69, 9.17) is 5.73 Å². The number of amides is 1. The number of rotatable bonds is 6. The Bertz CT molecular complexity index is 564. The molecule has 21 heavy (non-hydrogen) atoms. The van der Waals surface area contributed by atoms with Gasteiger partial charge in [-0.2, -0.15) is 0 Å². The molecule has 110 valence electrons. The Morgan fingerprint density at radius 1 is 1.05 bits per heavy atom. The molecule has 0 radical (unpaired) electrons. The lowest BCUT2D eigenvalue weighted by atomic mass is 10.0. The van der Waals surface area contributed by atoms with Crippen molar-refractivity contribution in [1.82, 2.24) is 5.32 Å². The number of hydrogen-bond donors (Lipinski definition) is 2. The zero-order chi connectivity index (χ0) is 15.1. The lowest BCUT2D eigenvalue weighted by Gasteiger charge is -2.17. The highest BCUT2D eigenvalue weighted by Crippen LogP contribution is 2.07. The fourth-order valence-corrected chi connectivity index (χ4v) is 2.25. The lowest BCUT2D eigenvalue weighted by molar-refractivity contribution is 0.0938. The molecule has 3 nitrogen and oxygen atoms in total. The first-order valence-corrected chi connectivity index (χ1v) is 7.36. The van der Waals surface area contributed by atoms with Crippen LogP contribution < -0.4 is 11.1 Å². The lowest BCUT2D eigenvalue weighted by Crippen LogP contribution is -2.41. The van der Waals surface area contributed by atoms with Gasteiger partial charge in [0.2, 0.25) is 0 Å². The first-order chi connectivity index (χ1) is 10.2. The second-order valence-corrected chi connectivity index (χ2v) is 5.15. The number of benzene rings is 2. The first-order valence-electron chi connectivity index (χ1n) is 7.36. The Morgan fingerprint density at radius 3 is 2.29 bits per heavy atom. The maximum atomic E-state index is 12.2. The van der Waals surface area contributed by atoms with Crippen molar-refractivity contribution in [3.05, 3.63) is 71.3 Å². The van der Waals surface area contributed by atoms with Crippen LogP contribution in [0.25, 0.3) is 0 Å². The SMILES string of the molecule is CCc1ccc(C(=O)NC(CN)Cc2ccccc2)cc1. The minimum Gasteiger partial charge on any atom is -0.348 e. The van der Waals surface area contributed by atoms with Gasteiger partial charge in [-0.25, -0.2) is 0 Å². The van der Waals surface area contributed by atoms with Crippen LogP contribution in [0.5, 0.6) is 0 Å². The molecule has 0 aliphatic rings. The van der Waals surface area contributed by atoms with Crippen molar-refractivity contribution in [2.75, 3.05) is 6.54 Å². The number of aryl methyl sites for hydroxylation is 1. The highest BCUT2D eigenvalue weighted by atomic mass is 16.1. The van der Waals surface area contributed by atoms with E-state index < -0.39 is 0 Å². The van der Waals surface area contributed by atoms with E-state index in [1.54, 1.807) is 0 Å². The molecule has 2 rings (SSSR count). The summed E-state index contributed by atoms with van der Waals surface area (Å²) in [6.45, 7) is 2.52. The zero-order valence-corrected chi connectivity index (χ0v) is 12.4. The van der Waals surface area contributed by atoms with Crippen molar-refractivity contribution in [2.24, 2.45) is 5.73 Å². The van der Waals surface area contributed by atoms with E-state index in [0.717, 1.165) is 12.8 Å². The zero-order valence-electron chi connectivity index (χ0n) is 12.4. The maximum absolute atomic E-state index is 12.2. The molecule has 2 aromatic carbocycles. The average molecular weight is 282 g/mol. The van der Waals surface area contributed by atoms with Gasteiger partial charge in [-0.1, -0.05) is 49.4 Å². The van der Waals surface area contributed by atoms with Crippen molar-refractivity contribution in [3.8, 4) is 0 Å². The van der Waals surface area contributed by atoms with Gasteiger partial charge in [0, 0.05) is 18.2 Å². The summed E-state index contributed by atoms with van der Waals surface area (Å²) in [4.78, 5) is 12.2. The molecule has 0 saturated heterocycles. The van der Waals surface area contributed by atoms with Gasteiger partial charge < -0.3 is 11.1 Å². The van der Waals surface area contributed by atoms with Gasteiger partial charge in [-0.05, 0) is 36.1 Å². The summed E-state index contributed by atoms with van der Waals surface area (Å²) in [7, 11) is 0. The maximum Gasteiger partial charge on any atom is 0.251 e. The minimum absolute atomic E-state index is 0.0502. The summed E-state index contributed by atoms with van der Waals surface area (Å²) in [6.07, 6.45) is 1.72. The largest absolute Gasteiger partial charge is 0.348 e. The third-order valence-electron chi connectivity index (χ3n) is 3.57. The number of carbonyl (C=O) groups excluding carboxylic acids is 1. The summed E-state index contributed by atoms with van der Waals surface area (Å²) >= 11 is 0. The molecule has 1 atom stereocenters. The van der Waals surface area contributed by atoms with E-state index in [9.17, 15) is 4.79 Å². The Morgan fingerprint density at radius 2 is 1.71 bits per heavy atom. The summed E-state index contributed by atoms with van der Waals surface area (Å²) in [5, 5.41) is 3.00. The third-order valence-corrected chi connectivity index (χ3v) is 3.57. The Kier molecular flexibility index (Phi) is 5.52. The molecule has 2 aromatic rings. The number of carbonyl (C=O) groups is 1. The fraction of sp³-hybridized carbons (Fsp3) is 0.278. The fourth-order valence-electron chi connectivity index (χ4n) is 2.25. The van der Waals surface area contributed by atoms with Crippen LogP contribution in [-0.4, -0.2) is 18.5 Å². The van der Waals surface area contributed by atoms with Crippen molar-refractivity contribution in [1.29, 1.82) is 0 Å². The van der Waals surface area contributed by atoms with Gasteiger partial charge in [0.25, 0.3) is 5.91 Å². The highest BCUT2D eigenvalue weighted by molar-refractivity contribution is 5.94. The van der Waals surface area contributed by atoms with Gasteiger partial charge in [0.05, 0.1) is 0 Å². The highest BCUT2D eigenvalue weighted by Gasteiger charge is 2.12. The summed E-state index contributed by atoms with van der Waals surface area (Å²) < 4.78 is 0. The van der Waals surface area contributed by atoms with Crippen LogP contribution in [0.4, 0.5) is 0 Å². The van der Waals surface area contributed by atoms with Crippen LogP contribution >= 0.6 is 0 Å². The normalized spacial score (nSPS) is 11.9. The van der Waals surface area contributed by atoms with E-state index in [1.165, 1.54) is 11.1 Å². The standard InChI is InChI=1S/C18H22N2O/c1-2-14-8-10-16(11-9-14)18(21)20-17(13-19)12-15-6-4-3-5-7-15/h3-11,17H,2,12-13,19H2,1H3,(H,20,21). The van der Waals surface area contributed by atoms with E-state index in [2.05, 4.69) is 12.2 Å². The van der Waals surface area contributed by atoms with Crippen LogP contribution in [0.3, 0.4) is 0 Å². The minimum atomic E-state index is -0.0657. The molecule has 0 bridgehead atoms. The van der Waals surface area contributed by atoms with E-state index >= 15 is 0 Å². The van der Waals surface area contributed by atoms with Gasteiger partial charge in [0.1, 0.15) is 0 Å². The summed E-state index contributed by atoms with van der Waals surface area (Å²) in [5.74, 6) is -0.0657. The molecular weight excluding hydrogens is 260 g/mol. The van der Waals surface area contributed by atoms with Crippen LogP contribution in [0, 0.1) is 0 Å². The molecule has 1 unspecified atom stereocenters. The molecule has 0 aliphatic carbocycles. The Balaban J connectivity index is 1.98. The quantitative estimate of drug-likeness (QED) is 0.855. The van der Waals surface area contributed by atoms with Crippen molar-refractivity contribution < 1.29 is 4.79 Å². The molecule has 3 N–H and O–H groups in total. The van der Waals surface area contributed by atoms with Gasteiger partial charge >= 0.3 is 0 Å². The number of nitrogens with one attached hydrogen (secondary N) is 1.